The van der Waals surface area contributed by atoms with E-state index in [-0.39, 0.29) is 29.5 Å². The first-order valence-corrected chi connectivity index (χ1v) is 5.46. The molecular formula is C11H10N4O4. The zero-order chi connectivity index (χ0) is 13.8. The van der Waals surface area contributed by atoms with E-state index in [1.165, 1.54) is 12.1 Å². The first kappa shape index (κ1) is 12.7. The van der Waals surface area contributed by atoms with Crippen molar-refractivity contribution < 1.29 is 14.5 Å². The summed E-state index contributed by atoms with van der Waals surface area (Å²) < 4.78 is 4.75. The van der Waals surface area contributed by atoms with E-state index in [2.05, 4.69) is 15.2 Å². The average Bonchev–Trinajstić information content (AvgIpc) is 2.88. The summed E-state index contributed by atoms with van der Waals surface area (Å²) in [5, 5.41) is 17.1. The third-order valence-corrected chi connectivity index (χ3v) is 2.30. The molecule has 2 rings (SSSR count). The van der Waals surface area contributed by atoms with Gasteiger partial charge in [-0.15, -0.1) is 0 Å². The number of nitrogens with zero attached hydrogens (tertiary/aromatic N) is 3. The fourth-order valence-electron chi connectivity index (χ4n) is 1.49. The second-order valence-electron chi connectivity index (χ2n) is 3.50. The van der Waals surface area contributed by atoms with Gasteiger partial charge in [0.2, 0.25) is 5.82 Å². The van der Waals surface area contributed by atoms with Gasteiger partial charge in [-0.1, -0.05) is 12.1 Å². The molecule has 0 atom stereocenters. The molecule has 1 aromatic heterocycles. The Kier molecular flexibility index (Phi) is 3.51. The first-order valence-electron chi connectivity index (χ1n) is 5.46. The third kappa shape index (κ3) is 2.57. The lowest BCUT2D eigenvalue weighted by Crippen LogP contribution is -2.06. The Hall–Kier alpha value is -2.77. The topological polar surface area (TPSA) is 111 Å². The van der Waals surface area contributed by atoms with Gasteiger partial charge in [-0.05, 0) is 13.0 Å². The number of hydrogen-bond donors (Lipinski definition) is 1. The third-order valence-electron chi connectivity index (χ3n) is 2.30. The summed E-state index contributed by atoms with van der Waals surface area (Å²) in [6.45, 7) is 1.87. The maximum atomic E-state index is 11.4. The van der Waals surface area contributed by atoms with Gasteiger partial charge in [-0.25, -0.2) is 9.78 Å². The van der Waals surface area contributed by atoms with Gasteiger partial charge in [0.15, 0.2) is 5.82 Å². The Morgan fingerprint density at radius 2 is 2.21 bits per heavy atom. The molecule has 19 heavy (non-hydrogen) atoms. The summed E-state index contributed by atoms with van der Waals surface area (Å²) in [6, 6.07) is 6.02. The van der Waals surface area contributed by atoms with E-state index >= 15 is 0 Å². The number of nitro benzene ring substituents is 1. The summed E-state index contributed by atoms with van der Waals surface area (Å²) in [6.07, 6.45) is 0. The van der Waals surface area contributed by atoms with Crippen LogP contribution in [0.15, 0.2) is 24.3 Å². The van der Waals surface area contributed by atoms with Crippen molar-refractivity contribution in [3.05, 3.63) is 40.2 Å². The summed E-state index contributed by atoms with van der Waals surface area (Å²) in [4.78, 5) is 25.7. The molecule has 2 aromatic rings. The molecule has 1 heterocycles. The fraction of sp³-hybridized carbons (Fsp3) is 0.182. The number of carbonyl (C=O) groups excluding carboxylic acids is 1. The molecule has 0 fully saturated rings. The summed E-state index contributed by atoms with van der Waals surface area (Å²) in [5.41, 5.74) is 0.108. The van der Waals surface area contributed by atoms with E-state index in [0.29, 0.717) is 0 Å². The van der Waals surface area contributed by atoms with Crippen LogP contribution in [0.5, 0.6) is 0 Å². The molecule has 1 N–H and O–H groups in total. The second-order valence-corrected chi connectivity index (χ2v) is 3.50. The number of para-hydroxylation sites is 1. The standard InChI is InChI=1S/C11H10N4O4/c1-2-19-11(16)10-12-9(13-14-10)7-5-3-4-6-8(7)15(17)18/h3-6H,2H2,1H3,(H,12,13,14). The van der Waals surface area contributed by atoms with Crippen LogP contribution in [0.1, 0.15) is 17.5 Å². The van der Waals surface area contributed by atoms with Gasteiger partial charge in [-0.3, -0.25) is 15.2 Å². The van der Waals surface area contributed by atoms with Gasteiger partial charge in [0.05, 0.1) is 17.1 Å². The molecule has 0 saturated carbocycles. The number of aromatic amines is 1. The van der Waals surface area contributed by atoms with Crippen molar-refractivity contribution >= 4 is 11.7 Å². The highest BCUT2D eigenvalue weighted by Gasteiger charge is 2.20. The van der Waals surface area contributed by atoms with Crippen molar-refractivity contribution in [2.45, 2.75) is 6.92 Å². The maximum absolute atomic E-state index is 11.4. The van der Waals surface area contributed by atoms with Crippen LogP contribution in [0.2, 0.25) is 0 Å². The molecule has 0 amide bonds. The van der Waals surface area contributed by atoms with E-state index in [9.17, 15) is 14.9 Å². The number of benzene rings is 1. The number of rotatable bonds is 4. The lowest BCUT2D eigenvalue weighted by atomic mass is 10.2. The largest absolute Gasteiger partial charge is 0.460 e. The van der Waals surface area contributed by atoms with E-state index in [1.807, 2.05) is 0 Å². The molecule has 0 unspecified atom stereocenters. The second kappa shape index (κ2) is 5.25. The van der Waals surface area contributed by atoms with Gasteiger partial charge >= 0.3 is 5.97 Å². The molecule has 1 aromatic carbocycles. The Morgan fingerprint density at radius 1 is 1.47 bits per heavy atom. The van der Waals surface area contributed by atoms with Crippen LogP contribution in [-0.2, 0) is 4.74 Å². The highest BCUT2D eigenvalue weighted by Crippen LogP contribution is 2.26. The van der Waals surface area contributed by atoms with Crippen molar-refractivity contribution in [2.75, 3.05) is 6.61 Å². The molecule has 98 valence electrons. The molecular weight excluding hydrogens is 252 g/mol. The van der Waals surface area contributed by atoms with E-state index in [1.54, 1.807) is 19.1 Å². The maximum Gasteiger partial charge on any atom is 0.375 e. The number of esters is 1. The van der Waals surface area contributed by atoms with Gasteiger partial charge in [0.25, 0.3) is 5.69 Å². The van der Waals surface area contributed by atoms with Crippen LogP contribution in [0.4, 0.5) is 5.69 Å². The number of carbonyl (C=O) groups is 1. The van der Waals surface area contributed by atoms with Crippen molar-refractivity contribution in [1.82, 2.24) is 15.2 Å². The van der Waals surface area contributed by atoms with Crippen molar-refractivity contribution in [3.8, 4) is 11.4 Å². The van der Waals surface area contributed by atoms with Gasteiger partial charge in [-0.2, -0.15) is 5.10 Å². The summed E-state index contributed by atoms with van der Waals surface area (Å²) >= 11 is 0. The lowest BCUT2D eigenvalue weighted by molar-refractivity contribution is -0.384. The van der Waals surface area contributed by atoms with Crippen LogP contribution in [0.3, 0.4) is 0 Å². The van der Waals surface area contributed by atoms with Crippen LogP contribution >= 0.6 is 0 Å². The van der Waals surface area contributed by atoms with Gasteiger partial charge < -0.3 is 4.74 Å². The molecule has 0 saturated heterocycles. The Labute approximate surface area is 107 Å². The number of hydrogen-bond acceptors (Lipinski definition) is 6. The first-order chi connectivity index (χ1) is 9.13. The van der Waals surface area contributed by atoms with Crippen LogP contribution in [0.25, 0.3) is 11.4 Å². The normalized spacial score (nSPS) is 10.2. The molecule has 8 heteroatoms. The SMILES string of the molecule is CCOC(=O)c1nc(-c2ccccc2[N+](=O)[O-])n[nH]1. The summed E-state index contributed by atoms with van der Waals surface area (Å²) in [7, 11) is 0. The van der Waals surface area contributed by atoms with Crippen molar-refractivity contribution in [3.63, 3.8) is 0 Å². The highest BCUT2D eigenvalue weighted by atomic mass is 16.6. The summed E-state index contributed by atoms with van der Waals surface area (Å²) in [5.74, 6) is -0.662. The fourth-order valence-corrected chi connectivity index (χ4v) is 1.49. The van der Waals surface area contributed by atoms with Crippen molar-refractivity contribution in [2.24, 2.45) is 0 Å². The number of ether oxygens (including phenoxy) is 1. The van der Waals surface area contributed by atoms with Crippen molar-refractivity contribution in [1.29, 1.82) is 0 Å². The number of nitrogens with one attached hydrogen (secondary N) is 1. The lowest BCUT2D eigenvalue weighted by Gasteiger charge is -1.97. The van der Waals surface area contributed by atoms with E-state index in [4.69, 9.17) is 4.74 Å². The predicted molar refractivity (Wildman–Crippen MR) is 64.4 cm³/mol. The number of nitro groups is 1. The monoisotopic (exact) mass is 262 g/mol. The molecule has 0 aliphatic carbocycles. The predicted octanol–water partition coefficient (Wildman–Crippen LogP) is 1.56. The van der Waals surface area contributed by atoms with E-state index < -0.39 is 10.9 Å². The number of H-pyrrole nitrogens is 1. The zero-order valence-electron chi connectivity index (χ0n) is 9.99. The molecule has 0 aliphatic heterocycles. The minimum absolute atomic E-state index is 0.0790. The van der Waals surface area contributed by atoms with Crippen LogP contribution in [0, 0.1) is 10.1 Å². The number of aromatic nitrogens is 3. The van der Waals surface area contributed by atoms with E-state index in [0.717, 1.165) is 0 Å². The zero-order valence-corrected chi connectivity index (χ0v) is 9.99. The van der Waals surface area contributed by atoms with Crippen LogP contribution in [-0.4, -0.2) is 32.7 Å². The smallest absolute Gasteiger partial charge is 0.375 e. The van der Waals surface area contributed by atoms with Gasteiger partial charge in [0.1, 0.15) is 0 Å². The highest BCUT2D eigenvalue weighted by molar-refractivity contribution is 5.85. The van der Waals surface area contributed by atoms with Gasteiger partial charge in [0, 0.05) is 6.07 Å². The molecule has 0 aliphatic rings. The molecule has 0 bridgehead atoms. The molecule has 0 spiro atoms. The molecule has 0 radical (unpaired) electrons. The minimum Gasteiger partial charge on any atom is -0.460 e. The molecule has 8 nitrogen and oxygen atoms in total. The Balaban J connectivity index is 2.38. The minimum atomic E-state index is -0.653. The Morgan fingerprint density at radius 3 is 2.89 bits per heavy atom. The van der Waals surface area contributed by atoms with Crippen LogP contribution < -0.4 is 0 Å². The average molecular weight is 262 g/mol. The Bertz CT molecular complexity index is 623. The quantitative estimate of drug-likeness (QED) is 0.508.